The second kappa shape index (κ2) is 6.56. The van der Waals surface area contributed by atoms with Crippen LogP contribution in [0.25, 0.3) is 0 Å². The minimum absolute atomic E-state index is 0.281. The Morgan fingerprint density at radius 2 is 2.05 bits per heavy atom. The lowest BCUT2D eigenvalue weighted by Crippen LogP contribution is -2.05. The Bertz CT molecular complexity index is 631. The van der Waals surface area contributed by atoms with Gasteiger partial charge in [0.05, 0.1) is 12.8 Å². The van der Waals surface area contributed by atoms with Gasteiger partial charge < -0.3 is 15.2 Å². The highest BCUT2D eigenvalue weighted by Gasteiger charge is 2.16. The van der Waals surface area contributed by atoms with Crippen molar-refractivity contribution in [1.29, 1.82) is 0 Å². The van der Waals surface area contributed by atoms with Crippen LogP contribution in [-0.4, -0.2) is 16.9 Å². The zero-order chi connectivity index (χ0) is 15.6. The number of benzene rings is 1. The smallest absolute Gasteiger partial charge is 0.166 e. The van der Waals surface area contributed by atoms with Crippen LogP contribution >= 0.6 is 23.2 Å². The quantitative estimate of drug-likeness (QED) is 0.915. The Balaban J connectivity index is 2.31. The van der Waals surface area contributed by atoms with Crippen LogP contribution in [0.3, 0.4) is 0 Å². The molecule has 0 atom stereocenters. The van der Waals surface area contributed by atoms with Gasteiger partial charge in [0.25, 0.3) is 0 Å². The van der Waals surface area contributed by atoms with E-state index in [1.807, 2.05) is 6.92 Å². The fourth-order valence-corrected chi connectivity index (χ4v) is 2.53. The van der Waals surface area contributed by atoms with Crippen LogP contribution in [0.1, 0.15) is 16.8 Å². The summed E-state index contributed by atoms with van der Waals surface area (Å²) in [6.45, 7) is 2.46. The van der Waals surface area contributed by atoms with Crippen molar-refractivity contribution in [2.45, 2.75) is 20.1 Å². The number of halogens is 2. The standard InChI is InChI=1S/C14H17Cl2N3O2/c1-8-11(14(16)19(2)18-8)7-21-13-9(6-17)4-10(15)5-12(13)20-3/h4-5H,6-7,17H2,1-3H3. The third-order valence-corrected chi connectivity index (χ3v) is 3.86. The van der Waals surface area contributed by atoms with E-state index < -0.39 is 0 Å². The molecule has 1 aromatic carbocycles. The van der Waals surface area contributed by atoms with E-state index in [1.54, 1.807) is 31.0 Å². The number of aromatic nitrogens is 2. The van der Waals surface area contributed by atoms with E-state index in [-0.39, 0.29) is 6.61 Å². The van der Waals surface area contributed by atoms with Gasteiger partial charge in [-0.1, -0.05) is 23.2 Å². The van der Waals surface area contributed by atoms with Gasteiger partial charge in [-0.2, -0.15) is 5.10 Å². The van der Waals surface area contributed by atoms with Gasteiger partial charge >= 0.3 is 0 Å². The van der Waals surface area contributed by atoms with Crippen molar-refractivity contribution in [2.75, 3.05) is 7.11 Å². The molecule has 0 saturated carbocycles. The van der Waals surface area contributed by atoms with Crippen LogP contribution in [0.5, 0.6) is 11.5 Å². The lowest BCUT2D eigenvalue weighted by Gasteiger charge is -2.15. The summed E-state index contributed by atoms with van der Waals surface area (Å²) in [6, 6.07) is 3.45. The summed E-state index contributed by atoms with van der Waals surface area (Å²) >= 11 is 12.2. The van der Waals surface area contributed by atoms with Gasteiger partial charge in [-0.05, 0) is 13.0 Å². The zero-order valence-electron chi connectivity index (χ0n) is 12.1. The van der Waals surface area contributed by atoms with Crippen molar-refractivity contribution < 1.29 is 9.47 Å². The summed E-state index contributed by atoms with van der Waals surface area (Å²) in [5, 5.41) is 5.35. The summed E-state index contributed by atoms with van der Waals surface area (Å²) in [7, 11) is 3.34. The Morgan fingerprint density at radius 3 is 2.57 bits per heavy atom. The van der Waals surface area contributed by atoms with Crippen LogP contribution in [-0.2, 0) is 20.2 Å². The molecule has 0 aliphatic carbocycles. The molecular formula is C14H17Cl2N3O2. The Hall–Kier alpha value is -1.43. The molecule has 2 N–H and O–H groups in total. The molecule has 7 heteroatoms. The number of nitrogens with zero attached hydrogens (tertiary/aromatic N) is 2. The van der Waals surface area contributed by atoms with Gasteiger partial charge in [0.1, 0.15) is 11.8 Å². The number of ether oxygens (including phenoxy) is 2. The Labute approximate surface area is 133 Å². The van der Waals surface area contributed by atoms with Crippen LogP contribution < -0.4 is 15.2 Å². The molecular weight excluding hydrogens is 313 g/mol. The van der Waals surface area contributed by atoms with E-state index in [4.69, 9.17) is 38.4 Å². The van der Waals surface area contributed by atoms with Crippen LogP contribution in [0.15, 0.2) is 12.1 Å². The molecule has 0 fully saturated rings. The predicted octanol–water partition coefficient (Wildman–Crippen LogP) is 3.08. The van der Waals surface area contributed by atoms with E-state index in [9.17, 15) is 0 Å². The number of methoxy groups -OCH3 is 1. The number of nitrogens with two attached hydrogens (primary N) is 1. The van der Waals surface area contributed by atoms with Crippen molar-refractivity contribution in [3.05, 3.63) is 39.1 Å². The largest absolute Gasteiger partial charge is 0.493 e. The molecule has 2 rings (SSSR count). The predicted molar refractivity (Wildman–Crippen MR) is 83.2 cm³/mol. The van der Waals surface area contributed by atoms with E-state index in [2.05, 4.69) is 5.10 Å². The molecule has 21 heavy (non-hydrogen) atoms. The first-order valence-electron chi connectivity index (χ1n) is 6.35. The molecule has 0 aliphatic heterocycles. The summed E-state index contributed by atoms with van der Waals surface area (Å²) in [5.74, 6) is 1.12. The average molecular weight is 330 g/mol. The summed E-state index contributed by atoms with van der Waals surface area (Å²) < 4.78 is 12.8. The van der Waals surface area contributed by atoms with Crippen molar-refractivity contribution in [3.8, 4) is 11.5 Å². The number of hydrogen-bond acceptors (Lipinski definition) is 4. The third-order valence-electron chi connectivity index (χ3n) is 3.17. The molecule has 0 radical (unpaired) electrons. The van der Waals surface area contributed by atoms with Crippen LogP contribution in [0, 0.1) is 6.92 Å². The van der Waals surface area contributed by atoms with Crippen molar-refractivity contribution in [2.24, 2.45) is 12.8 Å². The van der Waals surface area contributed by atoms with E-state index in [0.717, 1.165) is 16.8 Å². The second-order valence-corrected chi connectivity index (χ2v) is 5.36. The van der Waals surface area contributed by atoms with Crippen molar-refractivity contribution >= 4 is 23.2 Å². The normalized spacial score (nSPS) is 10.8. The number of hydrogen-bond donors (Lipinski definition) is 1. The topological polar surface area (TPSA) is 62.3 Å². The lowest BCUT2D eigenvalue weighted by molar-refractivity contribution is 0.281. The van der Waals surface area contributed by atoms with Crippen molar-refractivity contribution in [1.82, 2.24) is 9.78 Å². The van der Waals surface area contributed by atoms with Gasteiger partial charge in [-0.15, -0.1) is 0 Å². The van der Waals surface area contributed by atoms with Crippen LogP contribution in [0.4, 0.5) is 0 Å². The number of aryl methyl sites for hydroxylation is 2. The Kier molecular flexibility index (Phi) is 4.98. The highest BCUT2D eigenvalue weighted by Crippen LogP contribution is 2.35. The first-order valence-corrected chi connectivity index (χ1v) is 7.10. The maximum atomic E-state index is 6.20. The SMILES string of the molecule is COc1cc(Cl)cc(CN)c1OCc1c(C)nn(C)c1Cl. The molecule has 0 amide bonds. The van der Waals surface area contributed by atoms with Crippen LogP contribution in [0.2, 0.25) is 10.2 Å². The molecule has 1 heterocycles. The molecule has 0 bridgehead atoms. The fraction of sp³-hybridized carbons (Fsp3) is 0.357. The minimum Gasteiger partial charge on any atom is -0.493 e. The molecule has 0 spiro atoms. The first-order chi connectivity index (χ1) is 9.97. The maximum absolute atomic E-state index is 6.20. The highest BCUT2D eigenvalue weighted by atomic mass is 35.5. The summed E-state index contributed by atoms with van der Waals surface area (Å²) in [6.07, 6.45) is 0. The monoisotopic (exact) mass is 329 g/mol. The fourth-order valence-electron chi connectivity index (χ4n) is 2.07. The first kappa shape index (κ1) is 15.9. The van der Waals surface area contributed by atoms with Gasteiger partial charge in [-0.25, -0.2) is 0 Å². The molecule has 0 unspecified atom stereocenters. The minimum atomic E-state index is 0.281. The molecule has 114 valence electrons. The van der Waals surface area contributed by atoms with Gasteiger partial charge in [-0.3, -0.25) is 4.68 Å². The van der Waals surface area contributed by atoms with Crippen molar-refractivity contribution in [3.63, 3.8) is 0 Å². The van der Waals surface area contributed by atoms with Gasteiger partial charge in [0.15, 0.2) is 11.5 Å². The second-order valence-electron chi connectivity index (χ2n) is 4.57. The molecule has 0 saturated heterocycles. The Morgan fingerprint density at radius 1 is 1.33 bits per heavy atom. The zero-order valence-corrected chi connectivity index (χ0v) is 13.6. The third kappa shape index (κ3) is 3.26. The molecule has 5 nitrogen and oxygen atoms in total. The summed E-state index contributed by atoms with van der Waals surface area (Å²) in [5.41, 5.74) is 8.17. The molecule has 1 aromatic heterocycles. The molecule has 2 aromatic rings. The van der Waals surface area contributed by atoms with Gasteiger partial charge in [0, 0.05) is 35.8 Å². The lowest BCUT2D eigenvalue weighted by atomic mass is 10.2. The van der Waals surface area contributed by atoms with Gasteiger partial charge in [0.2, 0.25) is 0 Å². The average Bonchev–Trinajstić information content (AvgIpc) is 2.70. The number of rotatable bonds is 5. The van der Waals surface area contributed by atoms with E-state index in [0.29, 0.717) is 28.2 Å². The highest BCUT2D eigenvalue weighted by molar-refractivity contribution is 6.31. The maximum Gasteiger partial charge on any atom is 0.166 e. The van der Waals surface area contributed by atoms with E-state index in [1.165, 1.54) is 0 Å². The molecule has 0 aliphatic rings. The van der Waals surface area contributed by atoms with E-state index >= 15 is 0 Å². The summed E-state index contributed by atoms with van der Waals surface area (Å²) in [4.78, 5) is 0.